The number of carboxylic acid groups (broad SMARTS) is 1. The largest absolute Gasteiger partial charge is 0.477 e. The van der Waals surface area contributed by atoms with Crippen molar-refractivity contribution >= 4 is 5.97 Å². The number of aromatic carboxylic acids is 1. The van der Waals surface area contributed by atoms with Gasteiger partial charge in [0.15, 0.2) is 5.82 Å². The number of aromatic nitrogens is 4. The Balaban J connectivity index is 2.31. The maximum atomic E-state index is 11.5. The summed E-state index contributed by atoms with van der Waals surface area (Å²) in [7, 11) is 0. The Labute approximate surface area is 114 Å². The zero-order chi connectivity index (χ0) is 14.1. The zero-order valence-corrected chi connectivity index (χ0v) is 10.8. The third kappa shape index (κ3) is 1.87. The molecule has 6 nitrogen and oxygen atoms in total. The van der Waals surface area contributed by atoms with Gasteiger partial charge in [-0.15, -0.1) is 0 Å². The standard InChI is InChI=1S/C14H12N4O2/c1-10-12(14(19)20)13(17-9-5-8-15-17)18(16-10)11-6-3-2-4-7-11/h2-9H,1H3,(H,19,20). The first kappa shape index (κ1) is 12.2. The van der Waals surface area contributed by atoms with Crippen molar-refractivity contribution in [2.45, 2.75) is 6.92 Å². The van der Waals surface area contributed by atoms with Gasteiger partial charge in [-0.1, -0.05) is 18.2 Å². The lowest BCUT2D eigenvalue weighted by atomic mass is 10.2. The second-order valence-corrected chi connectivity index (χ2v) is 4.29. The van der Waals surface area contributed by atoms with Crippen LogP contribution in [-0.4, -0.2) is 30.6 Å². The fourth-order valence-corrected chi connectivity index (χ4v) is 2.12. The van der Waals surface area contributed by atoms with Crippen molar-refractivity contribution in [2.75, 3.05) is 0 Å². The topological polar surface area (TPSA) is 72.9 Å². The van der Waals surface area contributed by atoms with Crippen LogP contribution in [0.2, 0.25) is 0 Å². The van der Waals surface area contributed by atoms with Gasteiger partial charge < -0.3 is 5.11 Å². The molecule has 0 aliphatic rings. The van der Waals surface area contributed by atoms with Crippen molar-refractivity contribution in [1.82, 2.24) is 19.6 Å². The van der Waals surface area contributed by atoms with Gasteiger partial charge in [0.05, 0.1) is 11.4 Å². The molecule has 1 N–H and O–H groups in total. The highest BCUT2D eigenvalue weighted by Gasteiger charge is 2.23. The molecule has 2 aromatic heterocycles. The summed E-state index contributed by atoms with van der Waals surface area (Å²) in [5.74, 6) is -0.596. The van der Waals surface area contributed by atoms with E-state index in [4.69, 9.17) is 0 Å². The van der Waals surface area contributed by atoms with Gasteiger partial charge in [0.25, 0.3) is 0 Å². The maximum absolute atomic E-state index is 11.5. The van der Waals surface area contributed by atoms with E-state index in [1.54, 1.807) is 30.1 Å². The van der Waals surface area contributed by atoms with E-state index >= 15 is 0 Å². The molecular weight excluding hydrogens is 256 g/mol. The summed E-state index contributed by atoms with van der Waals surface area (Å²) >= 11 is 0. The first-order chi connectivity index (χ1) is 9.68. The van der Waals surface area contributed by atoms with Crippen molar-refractivity contribution < 1.29 is 9.90 Å². The van der Waals surface area contributed by atoms with Crippen LogP contribution in [0.1, 0.15) is 16.1 Å². The minimum Gasteiger partial charge on any atom is -0.477 e. The average molecular weight is 268 g/mol. The van der Waals surface area contributed by atoms with Gasteiger partial charge in [0.1, 0.15) is 5.56 Å². The van der Waals surface area contributed by atoms with Crippen LogP contribution in [0, 0.1) is 6.92 Å². The van der Waals surface area contributed by atoms with Gasteiger partial charge >= 0.3 is 5.97 Å². The van der Waals surface area contributed by atoms with Crippen LogP contribution >= 0.6 is 0 Å². The quantitative estimate of drug-likeness (QED) is 0.789. The monoisotopic (exact) mass is 268 g/mol. The Hall–Kier alpha value is -2.89. The first-order valence-electron chi connectivity index (χ1n) is 6.07. The number of hydrogen-bond acceptors (Lipinski definition) is 3. The Kier molecular flexibility index (Phi) is 2.83. The van der Waals surface area contributed by atoms with Crippen molar-refractivity contribution in [3.63, 3.8) is 0 Å². The number of para-hydroxylation sites is 1. The first-order valence-corrected chi connectivity index (χ1v) is 6.07. The SMILES string of the molecule is Cc1nn(-c2ccccc2)c(-n2cccn2)c1C(=O)O. The lowest BCUT2D eigenvalue weighted by Gasteiger charge is -2.08. The van der Waals surface area contributed by atoms with Crippen molar-refractivity contribution in [3.05, 3.63) is 60.0 Å². The Morgan fingerprint density at radius 1 is 1.20 bits per heavy atom. The molecule has 100 valence electrons. The number of carbonyl (C=O) groups is 1. The van der Waals surface area contributed by atoms with E-state index in [0.29, 0.717) is 11.5 Å². The molecule has 0 bridgehead atoms. The summed E-state index contributed by atoms with van der Waals surface area (Å²) in [6.45, 7) is 1.68. The van der Waals surface area contributed by atoms with Gasteiger partial charge in [-0.05, 0) is 25.1 Å². The molecule has 0 amide bonds. The summed E-state index contributed by atoms with van der Waals surface area (Å²) in [5.41, 5.74) is 1.39. The van der Waals surface area contributed by atoms with Crippen LogP contribution in [-0.2, 0) is 0 Å². The summed E-state index contributed by atoms with van der Waals surface area (Å²) in [6, 6.07) is 11.1. The summed E-state index contributed by atoms with van der Waals surface area (Å²) in [5, 5.41) is 17.9. The van der Waals surface area contributed by atoms with Crippen LogP contribution in [0.15, 0.2) is 48.8 Å². The smallest absolute Gasteiger partial charge is 0.341 e. The molecule has 3 aromatic rings. The van der Waals surface area contributed by atoms with E-state index in [1.165, 1.54) is 4.68 Å². The van der Waals surface area contributed by atoms with Crippen LogP contribution in [0.3, 0.4) is 0 Å². The average Bonchev–Trinajstić information content (AvgIpc) is 3.06. The molecule has 0 aliphatic carbocycles. The molecule has 1 aromatic carbocycles. The molecule has 0 fully saturated rings. The van der Waals surface area contributed by atoms with Crippen molar-refractivity contribution in [3.8, 4) is 11.5 Å². The van der Waals surface area contributed by atoms with Crippen molar-refractivity contribution in [2.24, 2.45) is 0 Å². The highest BCUT2D eigenvalue weighted by molar-refractivity contribution is 5.92. The Bertz CT molecular complexity index is 745. The lowest BCUT2D eigenvalue weighted by molar-refractivity contribution is 0.0696. The molecule has 0 saturated carbocycles. The van der Waals surface area contributed by atoms with E-state index in [-0.39, 0.29) is 5.56 Å². The Morgan fingerprint density at radius 2 is 1.95 bits per heavy atom. The fourth-order valence-electron chi connectivity index (χ4n) is 2.12. The molecule has 6 heteroatoms. The highest BCUT2D eigenvalue weighted by Crippen LogP contribution is 2.21. The number of benzene rings is 1. The number of carboxylic acids is 1. The Morgan fingerprint density at radius 3 is 2.55 bits per heavy atom. The second kappa shape index (κ2) is 4.65. The number of rotatable bonds is 3. The minimum absolute atomic E-state index is 0.151. The lowest BCUT2D eigenvalue weighted by Crippen LogP contribution is -2.10. The predicted molar refractivity (Wildman–Crippen MR) is 72.4 cm³/mol. The third-order valence-corrected chi connectivity index (χ3v) is 2.97. The fraction of sp³-hybridized carbons (Fsp3) is 0.0714. The highest BCUT2D eigenvalue weighted by atomic mass is 16.4. The molecule has 3 rings (SSSR count). The predicted octanol–water partition coefficient (Wildman–Crippen LogP) is 2.06. The van der Waals surface area contributed by atoms with Crippen molar-refractivity contribution in [1.29, 1.82) is 0 Å². The van der Waals surface area contributed by atoms with Crippen LogP contribution in [0.5, 0.6) is 0 Å². The van der Waals surface area contributed by atoms with E-state index in [0.717, 1.165) is 5.69 Å². The third-order valence-electron chi connectivity index (χ3n) is 2.97. The van der Waals surface area contributed by atoms with Crippen LogP contribution in [0.25, 0.3) is 11.5 Å². The van der Waals surface area contributed by atoms with E-state index < -0.39 is 5.97 Å². The molecule has 0 atom stereocenters. The molecule has 0 spiro atoms. The molecule has 0 unspecified atom stereocenters. The molecule has 0 radical (unpaired) electrons. The van der Waals surface area contributed by atoms with Gasteiger partial charge in [-0.25, -0.2) is 14.2 Å². The number of nitrogens with zero attached hydrogens (tertiary/aromatic N) is 4. The second-order valence-electron chi connectivity index (χ2n) is 4.29. The van der Waals surface area contributed by atoms with Gasteiger partial charge in [0, 0.05) is 12.4 Å². The van der Waals surface area contributed by atoms with E-state index in [9.17, 15) is 9.90 Å². The van der Waals surface area contributed by atoms with Gasteiger partial charge in [0.2, 0.25) is 0 Å². The summed E-state index contributed by atoms with van der Waals surface area (Å²) in [6.07, 6.45) is 3.30. The molecule has 0 saturated heterocycles. The summed E-state index contributed by atoms with van der Waals surface area (Å²) < 4.78 is 3.10. The molecule has 0 aliphatic heterocycles. The molecular formula is C14H12N4O2. The maximum Gasteiger partial charge on any atom is 0.341 e. The van der Waals surface area contributed by atoms with Gasteiger partial charge in [-0.2, -0.15) is 10.2 Å². The number of hydrogen-bond donors (Lipinski definition) is 1. The minimum atomic E-state index is -1.02. The zero-order valence-electron chi connectivity index (χ0n) is 10.8. The number of aryl methyl sites for hydroxylation is 1. The molecule has 20 heavy (non-hydrogen) atoms. The van der Waals surface area contributed by atoms with E-state index in [1.807, 2.05) is 30.3 Å². The molecule has 2 heterocycles. The summed E-state index contributed by atoms with van der Waals surface area (Å²) in [4.78, 5) is 11.5. The van der Waals surface area contributed by atoms with Crippen LogP contribution in [0.4, 0.5) is 0 Å². The van der Waals surface area contributed by atoms with E-state index in [2.05, 4.69) is 10.2 Å². The normalized spacial score (nSPS) is 10.7. The van der Waals surface area contributed by atoms with Crippen LogP contribution < -0.4 is 0 Å². The van der Waals surface area contributed by atoms with Gasteiger partial charge in [-0.3, -0.25) is 0 Å².